The number of ketones is 1. The van der Waals surface area contributed by atoms with Crippen LogP contribution in [-0.4, -0.2) is 20.6 Å². The van der Waals surface area contributed by atoms with E-state index in [9.17, 15) is 18.4 Å². The summed E-state index contributed by atoms with van der Waals surface area (Å²) in [5.74, 6) is -2.47. The van der Waals surface area contributed by atoms with E-state index in [1.165, 1.54) is 10.6 Å². The Morgan fingerprint density at radius 3 is 2.70 bits per heavy atom. The van der Waals surface area contributed by atoms with E-state index in [1.54, 1.807) is 37.3 Å². The number of halogens is 2. The number of carbonyl (C=O) groups excluding carboxylic acids is 1. The predicted molar refractivity (Wildman–Crippen MR) is 102 cm³/mol. The van der Waals surface area contributed by atoms with Crippen molar-refractivity contribution in [1.82, 2.24) is 9.55 Å². The van der Waals surface area contributed by atoms with Crippen LogP contribution >= 0.6 is 11.8 Å². The van der Waals surface area contributed by atoms with Gasteiger partial charge in [0.25, 0.3) is 5.56 Å². The van der Waals surface area contributed by atoms with Crippen LogP contribution in [0, 0.1) is 11.6 Å². The van der Waals surface area contributed by atoms with Crippen molar-refractivity contribution in [1.29, 1.82) is 0 Å². The molecule has 0 aliphatic heterocycles. The number of thioether (sulfide) groups is 1. The fourth-order valence-corrected chi connectivity index (χ4v) is 3.62. The highest BCUT2D eigenvalue weighted by Gasteiger charge is 2.21. The van der Waals surface area contributed by atoms with Crippen LogP contribution in [0.25, 0.3) is 10.9 Å². The largest absolute Gasteiger partial charge is 0.293 e. The van der Waals surface area contributed by atoms with Crippen LogP contribution in [-0.2, 0) is 6.54 Å². The summed E-state index contributed by atoms with van der Waals surface area (Å²) in [5.41, 5.74) is 0.362. The minimum Gasteiger partial charge on any atom is -0.293 e. The molecule has 2 aromatic carbocycles. The standard InChI is InChI=1S/C20H16F2N2O2S/c1-3-10-24-19(26)14-6-4-5-7-17(14)23-20(24)27-12(2)18(25)13-8-9-15(21)16(22)11-13/h3-9,11-12H,1,10H2,2H3. The molecule has 0 aliphatic rings. The van der Waals surface area contributed by atoms with Crippen LogP contribution in [0.1, 0.15) is 17.3 Å². The van der Waals surface area contributed by atoms with Gasteiger partial charge in [0, 0.05) is 12.1 Å². The molecule has 0 spiro atoms. The fraction of sp³-hybridized carbons (Fsp3) is 0.150. The quantitative estimate of drug-likeness (QED) is 0.275. The molecule has 0 N–H and O–H groups in total. The molecular weight excluding hydrogens is 370 g/mol. The molecule has 1 heterocycles. The summed E-state index contributed by atoms with van der Waals surface area (Å²) in [4.78, 5) is 29.8. The molecule has 4 nitrogen and oxygen atoms in total. The lowest BCUT2D eigenvalue weighted by Gasteiger charge is -2.15. The van der Waals surface area contributed by atoms with Crippen molar-refractivity contribution in [2.75, 3.05) is 0 Å². The molecule has 1 unspecified atom stereocenters. The zero-order valence-electron chi connectivity index (χ0n) is 14.5. The van der Waals surface area contributed by atoms with Crippen LogP contribution in [0.2, 0.25) is 0 Å². The van der Waals surface area contributed by atoms with Gasteiger partial charge >= 0.3 is 0 Å². The second-order valence-electron chi connectivity index (χ2n) is 5.87. The summed E-state index contributed by atoms with van der Waals surface area (Å²) in [6.07, 6.45) is 1.57. The Hall–Kier alpha value is -2.80. The van der Waals surface area contributed by atoms with Crippen LogP contribution in [0.15, 0.2) is 65.1 Å². The molecule has 0 amide bonds. The van der Waals surface area contributed by atoms with Gasteiger partial charge in [-0.25, -0.2) is 13.8 Å². The average molecular weight is 386 g/mol. The average Bonchev–Trinajstić information content (AvgIpc) is 2.66. The molecule has 0 radical (unpaired) electrons. The zero-order chi connectivity index (χ0) is 19.6. The third-order valence-corrected chi connectivity index (χ3v) is 5.08. The van der Waals surface area contributed by atoms with Crippen LogP contribution in [0.4, 0.5) is 8.78 Å². The number of hydrogen-bond donors (Lipinski definition) is 0. The van der Waals surface area contributed by atoms with Gasteiger partial charge in [0.05, 0.1) is 16.2 Å². The van der Waals surface area contributed by atoms with Crippen molar-refractivity contribution >= 4 is 28.4 Å². The Balaban J connectivity index is 1.98. The lowest BCUT2D eigenvalue weighted by molar-refractivity contribution is 0.0993. The number of nitrogens with zero attached hydrogens (tertiary/aromatic N) is 2. The third kappa shape index (κ3) is 3.83. The van der Waals surface area contributed by atoms with Crippen molar-refractivity contribution < 1.29 is 13.6 Å². The van der Waals surface area contributed by atoms with E-state index < -0.39 is 16.9 Å². The highest BCUT2D eigenvalue weighted by Crippen LogP contribution is 2.25. The van der Waals surface area contributed by atoms with Crippen molar-refractivity contribution in [2.45, 2.75) is 23.9 Å². The Morgan fingerprint density at radius 1 is 1.26 bits per heavy atom. The highest BCUT2D eigenvalue weighted by molar-refractivity contribution is 8.00. The Labute approximate surface area is 158 Å². The Kier molecular flexibility index (Phi) is 5.51. The minimum absolute atomic E-state index is 0.0623. The number of benzene rings is 2. The number of aromatic nitrogens is 2. The van der Waals surface area contributed by atoms with Crippen molar-refractivity contribution in [3.63, 3.8) is 0 Å². The number of rotatable bonds is 6. The molecule has 1 atom stereocenters. The Bertz CT molecular complexity index is 1100. The van der Waals surface area contributed by atoms with Gasteiger partial charge in [0.15, 0.2) is 22.6 Å². The molecule has 27 heavy (non-hydrogen) atoms. The normalized spacial score (nSPS) is 12.1. The molecule has 0 saturated heterocycles. The zero-order valence-corrected chi connectivity index (χ0v) is 15.3. The Morgan fingerprint density at radius 2 is 2.00 bits per heavy atom. The summed E-state index contributed by atoms with van der Waals surface area (Å²) < 4.78 is 27.9. The van der Waals surface area contributed by atoms with E-state index >= 15 is 0 Å². The van der Waals surface area contributed by atoms with Gasteiger partial charge in [0.2, 0.25) is 0 Å². The first kappa shape index (κ1) is 19.0. The van der Waals surface area contributed by atoms with Crippen molar-refractivity contribution in [2.24, 2.45) is 0 Å². The molecule has 0 aliphatic carbocycles. The molecule has 7 heteroatoms. The lowest BCUT2D eigenvalue weighted by Crippen LogP contribution is -2.24. The van der Waals surface area contributed by atoms with Crippen molar-refractivity contribution in [3.8, 4) is 0 Å². The molecule has 0 saturated carbocycles. The predicted octanol–water partition coefficient (Wildman–Crippen LogP) is 4.22. The number of allylic oxidation sites excluding steroid dienone is 1. The maximum atomic E-state index is 13.4. The first-order valence-electron chi connectivity index (χ1n) is 8.18. The fourth-order valence-electron chi connectivity index (χ4n) is 2.62. The van der Waals surface area contributed by atoms with E-state index in [1.807, 2.05) is 0 Å². The number of fused-ring (bicyclic) bond motifs is 1. The highest BCUT2D eigenvalue weighted by atomic mass is 32.2. The number of Topliss-reactive ketones (excluding diaryl/α,β-unsaturated/α-hetero) is 1. The third-order valence-electron chi connectivity index (χ3n) is 3.99. The smallest absolute Gasteiger partial charge is 0.262 e. The number of carbonyl (C=O) groups is 1. The molecule has 1 aromatic heterocycles. The summed E-state index contributed by atoms with van der Waals surface area (Å²) in [6.45, 7) is 5.53. The van der Waals surface area contributed by atoms with E-state index in [0.29, 0.717) is 16.1 Å². The van der Waals surface area contributed by atoms with Crippen molar-refractivity contribution in [3.05, 3.63) is 82.7 Å². The first-order valence-corrected chi connectivity index (χ1v) is 9.06. The van der Waals surface area contributed by atoms with E-state index in [-0.39, 0.29) is 23.5 Å². The monoisotopic (exact) mass is 386 g/mol. The van der Waals surface area contributed by atoms with Crippen LogP contribution in [0.5, 0.6) is 0 Å². The number of hydrogen-bond acceptors (Lipinski definition) is 4. The lowest BCUT2D eigenvalue weighted by atomic mass is 10.1. The van der Waals surface area contributed by atoms with E-state index in [4.69, 9.17) is 0 Å². The van der Waals surface area contributed by atoms with Crippen LogP contribution < -0.4 is 5.56 Å². The summed E-state index contributed by atoms with van der Waals surface area (Å²) in [7, 11) is 0. The summed E-state index contributed by atoms with van der Waals surface area (Å²) in [6, 6.07) is 9.97. The van der Waals surface area contributed by atoms with Crippen LogP contribution in [0.3, 0.4) is 0 Å². The second kappa shape index (κ2) is 7.84. The number of para-hydroxylation sites is 1. The van der Waals surface area contributed by atoms with Gasteiger partial charge in [-0.3, -0.25) is 14.2 Å². The SMILES string of the molecule is C=CCn1c(SC(C)C(=O)c2ccc(F)c(F)c2)nc2ccccc2c1=O. The van der Waals surface area contributed by atoms with Gasteiger partial charge in [-0.1, -0.05) is 30.0 Å². The minimum atomic E-state index is -1.08. The molecule has 138 valence electrons. The first-order chi connectivity index (χ1) is 12.9. The molecule has 3 aromatic rings. The van der Waals surface area contributed by atoms with E-state index in [2.05, 4.69) is 11.6 Å². The van der Waals surface area contributed by atoms with Gasteiger partial charge in [-0.2, -0.15) is 0 Å². The topological polar surface area (TPSA) is 52.0 Å². The molecular formula is C20H16F2N2O2S. The summed E-state index contributed by atoms with van der Waals surface area (Å²) in [5, 5.41) is 0.185. The van der Waals surface area contributed by atoms with Gasteiger partial charge in [0.1, 0.15) is 0 Å². The molecule has 3 rings (SSSR count). The molecule has 0 bridgehead atoms. The maximum absolute atomic E-state index is 13.4. The van der Waals surface area contributed by atoms with E-state index in [0.717, 1.165) is 23.9 Å². The maximum Gasteiger partial charge on any atom is 0.262 e. The second-order valence-corrected chi connectivity index (χ2v) is 7.18. The van der Waals surface area contributed by atoms with Gasteiger partial charge < -0.3 is 0 Å². The van der Waals surface area contributed by atoms with Gasteiger partial charge in [-0.15, -0.1) is 6.58 Å². The molecule has 0 fully saturated rings. The van der Waals surface area contributed by atoms with Gasteiger partial charge in [-0.05, 0) is 37.3 Å². The summed E-state index contributed by atoms with van der Waals surface area (Å²) >= 11 is 1.09.